The minimum absolute atomic E-state index is 0.353. The summed E-state index contributed by atoms with van der Waals surface area (Å²) in [5.74, 6) is 1.59. The Kier molecular flexibility index (Phi) is 7.17. The largest absolute Gasteiger partial charge is 0.474 e. The van der Waals surface area contributed by atoms with E-state index in [1.807, 2.05) is 18.3 Å². The second kappa shape index (κ2) is 9.38. The van der Waals surface area contributed by atoms with Crippen LogP contribution in [0, 0.1) is 0 Å². The van der Waals surface area contributed by atoms with E-state index in [2.05, 4.69) is 41.4 Å². The van der Waals surface area contributed by atoms with Crippen molar-refractivity contribution in [3.8, 4) is 5.88 Å². The van der Waals surface area contributed by atoms with Crippen LogP contribution in [0.25, 0.3) is 0 Å². The molecule has 5 nitrogen and oxygen atoms in total. The molecule has 0 aliphatic heterocycles. The van der Waals surface area contributed by atoms with Gasteiger partial charge in [-0.15, -0.1) is 0 Å². The van der Waals surface area contributed by atoms with Crippen molar-refractivity contribution in [2.75, 3.05) is 6.54 Å². The van der Waals surface area contributed by atoms with Gasteiger partial charge in [-0.1, -0.05) is 13.0 Å². The molecular weight excluding hydrogens is 288 g/mol. The zero-order valence-corrected chi connectivity index (χ0v) is 14.6. The zero-order chi connectivity index (χ0) is 16.5. The molecule has 0 bridgehead atoms. The molecule has 1 aromatic heterocycles. The predicted molar refractivity (Wildman–Crippen MR) is 94.8 cm³/mol. The van der Waals surface area contributed by atoms with Crippen LogP contribution < -0.4 is 15.4 Å². The maximum atomic E-state index is 5.89. The molecule has 1 atom stereocenters. The van der Waals surface area contributed by atoms with Crippen molar-refractivity contribution in [3.63, 3.8) is 0 Å². The Labute approximate surface area is 139 Å². The van der Waals surface area contributed by atoms with E-state index in [0.29, 0.717) is 18.7 Å². The summed E-state index contributed by atoms with van der Waals surface area (Å²) in [6, 6.07) is 4.42. The predicted octanol–water partition coefficient (Wildman–Crippen LogP) is 3.26. The molecule has 0 radical (unpaired) electrons. The van der Waals surface area contributed by atoms with Crippen molar-refractivity contribution in [3.05, 3.63) is 23.9 Å². The van der Waals surface area contributed by atoms with Gasteiger partial charge >= 0.3 is 0 Å². The fraction of sp³-hybridized carbons (Fsp3) is 0.667. The zero-order valence-electron chi connectivity index (χ0n) is 14.6. The number of ether oxygens (including phenoxy) is 1. The maximum Gasteiger partial charge on any atom is 0.213 e. The lowest BCUT2D eigenvalue weighted by molar-refractivity contribution is 0.201. The van der Waals surface area contributed by atoms with Gasteiger partial charge in [-0.2, -0.15) is 0 Å². The molecule has 1 aromatic rings. The van der Waals surface area contributed by atoms with Crippen LogP contribution in [0.4, 0.5) is 0 Å². The average molecular weight is 318 g/mol. The highest BCUT2D eigenvalue weighted by atomic mass is 16.5. The topological polar surface area (TPSA) is 58.5 Å². The fourth-order valence-electron chi connectivity index (χ4n) is 2.58. The van der Waals surface area contributed by atoms with Crippen molar-refractivity contribution in [2.45, 2.75) is 71.6 Å². The van der Waals surface area contributed by atoms with Gasteiger partial charge in [0, 0.05) is 24.8 Å². The summed E-state index contributed by atoms with van der Waals surface area (Å²) < 4.78 is 5.89. The van der Waals surface area contributed by atoms with E-state index in [9.17, 15) is 0 Å². The number of aliphatic imine (C=N–C) groups is 1. The van der Waals surface area contributed by atoms with Crippen LogP contribution >= 0.6 is 0 Å². The van der Waals surface area contributed by atoms with Gasteiger partial charge in [0.25, 0.3) is 0 Å². The van der Waals surface area contributed by atoms with Crippen LogP contribution in [0.5, 0.6) is 5.88 Å². The maximum absolute atomic E-state index is 5.89. The van der Waals surface area contributed by atoms with Crippen molar-refractivity contribution in [1.29, 1.82) is 0 Å². The molecule has 1 unspecified atom stereocenters. The number of pyridine rings is 1. The molecule has 2 N–H and O–H groups in total. The summed E-state index contributed by atoms with van der Waals surface area (Å²) in [7, 11) is 0. The summed E-state index contributed by atoms with van der Waals surface area (Å²) >= 11 is 0. The Balaban J connectivity index is 1.88. The Morgan fingerprint density at radius 1 is 1.35 bits per heavy atom. The second-order valence-electron chi connectivity index (χ2n) is 6.18. The van der Waals surface area contributed by atoms with Gasteiger partial charge in [0.2, 0.25) is 5.88 Å². The first-order chi connectivity index (χ1) is 11.2. The molecule has 0 amide bonds. The van der Waals surface area contributed by atoms with Crippen LogP contribution in [0.2, 0.25) is 0 Å². The molecule has 128 valence electrons. The van der Waals surface area contributed by atoms with Crippen LogP contribution in [0.15, 0.2) is 23.3 Å². The highest BCUT2D eigenvalue weighted by Crippen LogP contribution is 2.22. The Morgan fingerprint density at radius 3 is 2.74 bits per heavy atom. The molecule has 23 heavy (non-hydrogen) atoms. The van der Waals surface area contributed by atoms with Crippen LogP contribution in [0.1, 0.15) is 58.4 Å². The van der Waals surface area contributed by atoms with E-state index >= 15 is 0 Å². The third-order valence-electron chi connectivity index (χ3n) is 4.15. The second-order valence-corrected chi connectivity index (χ2v) is 6.18. The first-order valence-electron chi connectivity index (χ1n) is 8.87. The monoisotopic (exact) mass is 318 g/mol. The summed E-state index contributed by atoms with van der Waals surface area (Å²) in [5.41, 5.74) is 1.09. The number of hydrogen-bond acceptors (Lipinski definition) is 3. The van der Waals surface area contributed by atoms with Gasteiger partial charge in [0.1, 0.15) is 6.10 Å². The van der Waals surface area contributed by atoms with Crippen molar-refractivity contribution in [2.24, 2.45) is 4.99 Å². The first kappa shape index (κ1) is 17.6. The Morgan fingerprint density at radius 2 is 2.13 bits per heavy atom. The lowest BCUT2D eigenvalue weighted by atomic mass is 10.2. The van der Waals surface area contributed by atoms with Gasteiger partial charge in [-0.25, -0.2) is 9.98 Å². The van der Waals surface area contributed by atoms with Gasteiger partial charge in [0.05, 0.1) is 6.54 Å². The fourth-order valence-corrected chi connectivity index (χ4v) is 2.58. The highest BCUT2D eigenvalue weighted by molar-refractivity contribution is 5.80. The van der Waals surface area contributed by atoms with Gasteiger partial charge in [-0.05, 0) is 51.5 Å². The number of nitrogens with one attached hydrogen (secondary N) is 2. The van der Waals surface area contributed by atoms with E-state index in [0.717, 1.165) is 43.2 Å². The number of hydrogen-bond donors (Lipinski definition) is 2. The van der Waals surface area contributed by atoms with Crippen molar-refractivity contribution >= 4 is 5.96 Å². The number of aromatic nitrogens is 1. The van der Waals surface area contributed by atoms with E-state index in [4.69, 9.17) is 4.74 Å². The molecule has 1 fully saturated rings. The molecule has 1 aliphatic carbocycles. The molecule has 1 heterocycles. The molecule has 1 saturated carbocycles. The molecule has 0 aromatic carbocycles. The highest BCUT2D eigenvalue weighted by Gasteiger charge is 2.16. The summed E-state index contributed by atoms with van der Waals surface area (Å²) in [6.45, 7) is 7.86. The SMILES string of the molecule is CCNC(=NCc1ccc(OC2CCCC2)nc1)NC(C)CC. The van der Waals surface area contributed by atoms with Crippen molar-refractivity contribution in [1.82, 2.24) is 15.6 Å². The van der Waals surface area contributed by atoms with E-state index in [-0.39, 0.29) is 0 Å². The minimum Gasteiger partial charge on any atom is -0.474 e. The molecule has 5 heteroatoms. The summed E-state index contributed by atoms with van der Waals surface area (Å²) in [4.78, 5) is 9.03. The third kappa shape index (κ3) is 6.08. The Hall–Kier alpha value is -1.78. The lowest BCUT2D eigenvalue weighted by Crippen LogP contribution is -2.41. The number of rotatable bonds is 7. The van der Waals surface area contributed by atoms with Gasteiger partial charge < -0.3 is 15.4 Å². The van der Waals surface area contributed by atoms with Crippen LogP contribution in [0.3, 0.4) is 0 Å². The smallest absolute Gasteiger partial charge is 0.213 e. The quantitative estimate of drug-likeness (QED) is 0.598. The molecule has 2 rings (SSSR count). The molecule has 1 aliphatic rings. The number of guanidine groups is 1. The average Bonchev–Trinajstić information content (AvgIpc) is 3.07. The minimum atomic E-state index is 0.353. The first-order valence-corrected chi connectivity index (χ1v) is 8.87. The molecule has 0 spiro atoms. The van der Waals surface area contributed by atoms with Gasteiger partial charge in [-0.3, -0.25) is 0 Å². The third-order valence-corrected chi connectivity index (χ3v) is 4.15. The van der Waals surface area contributed by atoms with E-state index in [1.54, 1.807) is 0 Å². The van der Waals surface area contributed by atoms with E-state index < -0.39 is 0 Å². The lowest BCUT2D eigenvalue weighted by Gasteiger charge is -2.16. The molecular formula is C18H30N4O. The standard InChI is InChI=1S/C18H30N4O/c1-4-14(3)22-18(19-5-2)21-13-15-10-11-17(20-12-15)23-16-8-6-7-9-16/h10-12,14,16H,4-9,13H2,1-3H3,(H2,19,21,22). The van der Waals surface area contributed by atoms with Gasteiger partial charge in [0.15, 0.2) is 5.96 Å². The van der Waals surface area contributed by atoms with Crippen molar-refractivity contribution < 1.29 is 4.74 Å². The van der Waals surface area contributed by atoms with Crippen LogP contribution in [-0.4, -0.2) is 29.6 Å². The van der Waals surface area contributed by atoms with Crippen LogP contribution in [-0.2, 0) is 6.54 Å². The normalized spacial score (nSPS) is 17.1. The summed E-state index contributed by atoms with van der Waals surface area (Å²) in [5, 5.41) is 6.66. The summed E-state index contributed by atoms with van der Waals surface area (Å²) in [6.07, 6.45) is 8.13. The molecule has 0 saturated heterocycles. The number of nitrogens with zero attached hydrogens (tertiary/aromatic N) is 2. The van der Waals surface area contributed by atoms with E-state index in [1.165, 1.54) is 12.8 Å². The Bertz CT molecular complexity index is 480.